The average Bonchev–Trinajstić information content (AvgIpc) is 2.94. The Hall–Kier alpha value is -2.81. The van der Waals surface area contributed by atoms with Gasteiger partial charge < -0.3 is 10.3 Å². The number of benzene rings is 2. The Kier molecular flexibility index (Phi) is 5.80. The monoisotopic (exact) mass is 360 g/mol. The maximum absolute atomic E-state index is 12.3. The van der Waals surface area contributed by atoms with Gasteiger partial charge in [0, 0.05) is 23.5 Å². The van der Waals surface area contributed by atoms with Crippen molar-refractivity contribution < 1.29 is 4.79 Å². The van der Waals surface area contributed by atoms with Crippen LogP contribution >= 0.6 is 0 Å². The van der Waals surface area contributed by atoms with Crippen molar-refractivity contribution in [2.45, 2.75) is 46.6 Å². The van der Waals surface area contributed by atoms with Crippen LogP contribution in [0, 0.1) is 13.8 Å². The minimum atomic E-state index is -0.348. The number of primary amides is 1. The molecule has 1 amide bonds. The molecule has 27 heavy (non-hydrogen) atoms. The summed E-state index contributed by atoms with van der Waals surface area (Å²) in [7, 11) is 0. The Morgan fingerprint density at radius 3 is 2.22 bits per heavy atom. The van der Waals surface area contributed by atoms with Crippen LogP contribution in [-0.4, -0.2) is 10.5 Å². The first-order valence-corrected chi connectivity index (χ1v) is 9.65. The average molecular weight is 361 g/mol. The van der Waals surface area contributed by atoms with Crippen LogP contribution in [0.2, 0.25) is 0 Å². The number of hydrogen-bond acceptors (Lipinski definition) is 1. The van der Waals surface area contributed by atoms with E-state index in [4.69, 9.17) is 5.73 Å². The summed E-state index contributed by atoms with van der Waals surface area (Å²) in [5, 5.41) is 0. The predicted octanol–water partition coefficient (Wildman–Crippen LogP) is 5.07. The van der Waals surface area contributed by atoms with Crippen molar-refractivity contribution in [2.24, 2.45) is 5.73 Å². The van der Waals surface area contributed by atoms with Crippen LogP contribution in [0.4, 0.5) is 0 Å². The Balaban J connectivity index is 2.10. The van der Waals surface area contributed by atoms with E-state index in [9.17, 15) is 4.79 Å². The van der Waals surface area contributed by atoms with Crippen molar-refractivity contribution >= 4 is 5.91 Å². The van der Waals surface area contributed by atoms with E-state index in [0.29, 0.717) is 5.56 Å². The smallest absolute Gasteiger partial charge is 0.251 e. The van der Waals surface area contributed by atoms with Crippen LogP contribution in [0.1, 0.15) is 46.2 Å². The van der Waals surface area contributed by atoms with E-state index in [1.807, 2.05) is 13.0 Å². The van der Waals surface area contributed by atoms with Gasteiger partial charge in [0.25, 0.3) is 5.91 Å². The SMILES string of the molecule is CCCc1c(-c2ccc(C)cc2)c(C(N)=O)c(C)n1CCc1ccccc1. The van der Waals surface area contributed by atoms with Crippen LogP contribution in [0.5, 0.6) is 0 Å². The van der Waals surface area contributed by atoms with Crippen molar-refractivity contribution in [3.05, 3.63) is 82.7 Å². The molecule has 0 aliphatic rings. The number of carbonyl (C=O) groups is 1. The van der Waals surface area contributed by atoms with Crippen molar-refractivity contribution in [3.63, 3.8) is 0 Å². The number of aryl methyl sites for hydroxylation is 2. The number of hydrogen-bond donors (Lipinski definition) is 1. The highest BCUT2D eigenvalue weighted by molar-refractivity contribution is 6.02. The number of carbonyl (C=O) groups excluding carboxylic acids is 1. The van der Waals surface area contributed by atoms with Gasteiger partial charge >= 0.3 is 0 Å². The van der Waals surface area contributed by atoms with Crippen molar-refractivity contribution in [1.29, 1.82) is 0 Å². The van der Waals surface area contributed by atoms with E-state index in [1.54, 1.807) is 0 Å². The zero-order chi connectivity index (χ0) is 19.4. The summed E-state index contributed by atoms with van der Waals surface area (Å²) in [5.41, 5.74) is 13.2. The molecule has 1 aromatic heterocycles. The Morgan fingerprint density at radius 1 is 0.963 bits per heavy atom. The molecule has 0 spiro atoms. The lowest BCUT2D eigenvalue weighted by molar-refractivity contribution is 0.1000. The van der Waals surface area contributed by atoms with Gasteiger partial charge in [0.1, 0.15) is 0 Å². The molecule has 3 heteroatoms. The van der Waals surface area contributed by atoms with Gasteiger partial charge in [-0.2, -0.15) is 0 Å². The number of amides is 1. The van der Waals surface area contributed by atoms with Crippen LogP contribution < -0.4 is 5.73 Å². The van der Waals surface area contributed by atoms with Crippen LogP contribution in [0.15, 0.2) is 54.6 Å². The standard InChI is InChI=1S/C24H28N2O/c1-4-8-21-23(20-13-11-17(2)12-14-20)22(24(25)27)18(3)26(21)16-15-19-9-6-5-7-10-19/h5-7,9-14H,4,8,15-16H2,1-3H3,(H2,25,27). The molecule has 0 bridgehead atoms. The molecule has 3 aromatic rings. The fourth-order valence-electron chi connectivity index (χ4n) is 3.82. The first-order chi connectivity index (χ1) is 13.0. The molecule has 0 aliphatic heterocycles. The first kappa shape index (κ1) is 19.0. The third-order valence-corrected chi connectivity index (χ3v) is 5.17. The Bertz CT molecular complexity index is 921. The van der Waals surface area contributed by atoms with Gasteiger partial charge in [0.05, 0.1) is 5.56 Å². The molecule has 0 fully saturated rings. The molecule has 3 rings (SSSR count). The molecular weight excluding hydrogens is 332 g/mol. The minimum Gasteiger partial charge on any atom is -0.366 e. The summed E-state index contributed by atoms with van der Waals surface area (Å²) in [6.07, 6.45) is 2.87. The quantitative estimate of drug-likeness (QED) is 0.628. The highest BCUT2D eigenvalue weighted by Gasteiger charge is 2.24. The van der Waals surface area contributed by atoms with Gasteiger partial charge in [0.2, 0.25) is 0 Å². The fourth-order valence-corrected chi connectivity index (χ4v) is 3.82. The molecule has 0 radical (unpaired) electrons. The van der Waals surface area contributed by atoms with Crippen LogP contribution in [-0.2, 0) is 19.4 Å². The predicted molar refractivity (Wildman–Crippen MR) is 112 cm³/mol. The molecule has 0 atom stereocenters. The van der Waals surface area contributed by atoms with Crippen molar-refractivity contribution in [3.8, 4) is 11.1 Å². The third kappa shape index (κ3) is 3.97. The molecule has 1 heterocycles. The second-order valence-corrected chi connectivity index (χ2v) is 7.15. The summed E-state index contributed by atoms with van der Waals surface area (Å²) in [5.74, 6) is -0.348. The van der Waals surface area contributed by atoms with Gasteiger partial charge in [-0.25, -0.2) is 0 Å². The number of nitrogens with zero attached hydrogens (tertiary/aromatic N) is 1. The number of nitrogens with two attached hydrogens (primary N) is 1. The lowest BCUT2D eigenvalue weighted by Gasteiger charge is -2.13. The van der Waals surface area contributed by atoms with Crippen molar-refractivity contribution in [2.75, 3.05) is 0 Å². The van der Waals surface area contributed by atoms with E-state index in [1.165, 1.54) is 16.8 Å². The largest absolute Gasteiger partial charge is 0.366 e. The molecule has 2 aromatic carbocycles. The second-order valence-electron chi connectivity index (χ2n) is 7.15. The summed E-state index contributed by atoms with van der Waals surface area (Å²) < 4.78 is 2.30. The van der Waals surface area contributed by atoms with E-state index in [-0.39, 0.29) is 5.91 Å². The Labute approximate surface area is 161 Å². The highest BCUT2D eigenvalue weighted by Crippen LogP contribution is 2.34. The molecule has 0 unspecified atom stereocenters. The molecule has 0 saturated carbocycles. The van der Waals surface area contributed by atoms with Crippen molar-refractivity contribution in [1.82, 2.24) is 4.57 Å². The summed E-state index contributed by atoms with van der Waals surface area (Å²) >= 11 is 0. The normalized spacial score (nSPS) is 10.9. The molecule has 0 aliphatic carbocycles. The lowest BCUT2D eigenvalue weighted by atomic mass is 9.97. The van der Waals surface area contributed by atoms with Crippen LogP contribution in [0.3, 0.4) is 0 Å². The molecule has 0 saturated heterocycles. The Morgan fingerprint density at radius 2 is 1.63 bits per heavy atom. The molecular formula is C24H28N2O. The second kappa shape index (κ2) is 8.26. The van der Waals surface area contributed by atoms with Gasteiger partial charge in [-0.3, -0.25) is 4.79 Å². The van der Waals surface area contributed by atoms with Gasteiger partial charge in [-0.15, -0.1) is 0 Å². The molecule has 2 N–H and O–H groups in total. The summed E-state index contributed by atoms with van der Waals surface area (Å²) in [4.78, 5) is 12.3. The topological polar surface area (TPSA) is 48.0 Å². The molecule has 3 nitrogen and oxygen atoms in total. The first-order valence-electron chi connectivity index (χ1n) is 9.65. The van der Waals surface area contributed by atoms with Gasteiger partial charge in [-0.05, 0) is 37.8 Å². The van der Waals surface area contributed by atoms with Gasteiger partial charge in [-0.1, -0.05) is 73.5 Å². The van der Waals surface area contributed by atoms with Crippen LogP contribution in [0.25, 0.3) is 11.1 Å². The maximum atomic E-state index is 12.3. The molecule has 140 valence electrons. The van der Waals surface area contributed by atoms with E-state index in [2.05, 4.69) is 66.9 Å². The maximum Gasteiger partial charge on any atom is 0.251 e. The fraction of sp³-hybridized carbons (Fsp3) is 0.292. The van der Waals surface area contributed by atoms with E-state index in [0.717, 1.165) is 42.6 Å². The number of rotatable bonds is 7. The zero-order valence-corrected chi connectivity index (χ0v) is 16.5. The minimum absolute atomic E-state index is 0.348. The third-order valence-electron chi connectivity index (χ3n) is 5.17. The summed E-state index contributed by atoms with van der Waals surface area (Å²) in [6, 6.07) is 18.8. The lowest BCUT2D eigenvalue weighted by Crippen LogP contribution is -2.14. The highest BCUT2D eigenvalue weighted by atomic mass is 16.1. The van der Waals surface area contributed by atoms with Gasteiger partial charge in [0.15, 0.2) is 0 Å². The van der Waals surface area contributed by atoms with E-state index < -0.39 is 0 Å². The summed E-state index contributed by atoms with van der Waals surface area (Å²) in [6.45, 7) is 7.11. The zero-order valence-electron chi connectivity index (χ0n) is 16.5. The number of aromatic nitrogens is 1. The van der Waals surface area contributed by atoms with E-state index >= 15 is 0 Å².